The van der Waals surface area contributed by atoms with Crippen molar-refractivity contribution < 1.29 is 0 Å². The highest BCUT2D eigenvalue weighted by Crippen LogP contribution is 2.08. The summed E-state index contributed by atoms with van der Waals surface area (Å²) in [5.41, 5.74) is 2.67. The minimum atomic E-state index is 0.930. The van der Waals surface area contributed by atoms with Crippen molar-refractivity contribution in [2.75, 3.05) is 0 Å². The number of aromatic nitrogens is 2. The van der Waals surface area contributed by atoms with E-state index in [1.54, 1.807) is 0 Å². The third-order valence-corrected chi connectivity index (χ3v) is 2.78. The molecule has 0 aliphatic heterocycles. The summed E-state index contributed by atoms with van der Waals surface area (Å²) in [5.74, 6) is 0. The molecular weight excluding hydrogens is 196 g/mol. The van der Waals surface area contributed by atoms with E-state index >= 15 is 0 Å². The summed E-state index contributed by atoms with van der Waals surface area (Å²) in [7, 11) is 0. The molecule has 1 heterocycles. The fourth-order valence-corrected chi connectivity index (χ4v) is 1.84. The standard InChI is InChI=1S/C14H18N2/c1-2-3-9-14-10-15-12-16(14)11-13-7-5-4-6-8-13/h4-8,10,12H,2-3,9,11H2,1H3. The predicted molar refractivity (Wildman–Crippen MR) is 66.4 cm³/mol. The number of hydrogen-bond donors (Lipinski definition) is 0. The Morgan fingerprint density at radius 2 is 2.00 bits per heavy atom. The van der Waals surface area contributed by atoms with Crippen LogP contribution in [0.5, 0.6) is 0 Å². The Morgan fingerprint density at radius 3 is 2.75 bits per heavy atom. The topological polar surface area (TPSA) is 17.8 Å². The van der Waals surface area contributed by atoms with Gasteiger partial charge in [0, 0.05) is 18.4 Å². The summed E-state index contributed by atoms with van der Waals surface area (Å²) in [5, 5.41) is 0. The second kappa shape index (κ2) is 5.50. The monoisotopic (exact) mass is 214 g/mol. The summed E-state index contributed by atoms with van der Waals surface area (Å²) in [6.07, 6.45) is 7.51. The van der Waals surface area contributed by atoms with Gasteiger partial charge in [-0.2, -0.15) is 0 Å². The van der Waals surface area contributed by atoms with Gasteiger partial charge in [0.2, 0.25) is 0 Å². The van der Waals surface area contributed by atoms with E-state index in [9.17, 15) is 0 Å². The molecule has 0 atom stereocenters. The van der Waals surface area contributed by atoms with Crippen LogP contribution in [0.2, 0.25) is 0 Å². The molecule has 0 spiro atoms. The summed E-state index contributed by atoms with van der Waals surface area (Å²) < 4.78 is 2.24. The maximum atomic E-state index is 4.23. The van der Waals surface area contributed by atoms with E-state index in [2.05, 4.69) is 46.8 Å². The molecule has 84 valence electrons. The second-order valence-electron chi connectivity index (χ2n) is 4.10. The van der Waals surface area contributed by atoms with Crippen LogP contribution in [0, 0.1) is 0 Å². The molecule has 2 heteroatoms. The molecule has 0 N–H and O–H groups in total. The second-order valence-corrected chi connectivity index (χ2v) is 4.10. The molecule has 0 aliphatic rings. The minimum absolute atomic E-state index is 0.930. The molecule has 2 aromatic rings. The van der Waals surface area contributed by atoms with Crippen LogP contribution in [0.4, 0.5) is 0 Å². The van der Waals surface area contributed by atoms with Gasteiger partial charge in [-0.05, 0) is 18.4 Å². The van der Waals surface area contributed by atoms with Crippen molar-refractivity contribution in [2.45, 2.75) is 32.7 Å². The largest absolute Gasteiger partial charge is 0.330 e. The van der Waals surface area contributed by atoms with Gasteiger partial charge in [-0.3, -0.25) is 0 Å². The van der Waals surface area contributed by atoms with E-state index < -0.39 is 0 Å². The van der Waals surface area contributed by atoms with Crippen LogP contribution >= 0.6 is 0 Å². The molecule has 1 aromatic heterocycles. The highest BCUT2D eigenvalue weighted by atomic mass is 15.0. The smallest absolute Gasteiger partial charge is 0.0951 e. The average molecular weight is 214 g/mol. The Kier molecular flexibility index (Phi) is 3.76. The lowest BCUT2D eigenvalue weighted by Crippen LogP contribution is -2.03. The number of imidazole rings is 1. The molecule has 0 radical (unpaired) electrons. The zero-order valence-corrected chi connectivity index (χ0v) is 9.76. The first-order chi connectivity index (χ1) is 7.90. The van der Waals surface area contributed by atoms with E-state index in [1.807, 2.05) is 12.5 Å². The van der Waals surface area contributed by atoms with Gasteiger partial charge in [0.1, 0.15) is 0 Å². The lowest BCUT2D eigenvalue weighted by Gasteiger charge is -2.07. The van der Waals surface area contributed by atoms with Crippen molar-refractivity contribution in [2.24, 2.45) is 0 Å². The predicted octanol–water partition coefficient (Wildman–Crippen LogP) is 3.27. The quantitative estimate of drug-likeness (QED) is 0.747. The third-order valence-electron chi connectivity index (χ3n) is 2.78. The van der Waals surface area contributed by atoms with Crippen molar-refractivity contribution >= 4 is 0 Å². The normalized spacial score (nSPS) is 10.6. The number of aryl methyl sites for hydroxylation is 1. The van der Waals surface area contributed by atoms with Crippen LogP contribution in [0.3, 0.4) is 0 Å². The first-order valence-electron chi connectivity index (χ1n) is 5.93. The van der Waals surface area contributed by atoms with E-state index in [-0.39, 0.29) is 0 Å². The molecule has 2 rings (SSSR count). The fourth-order valence-electron chi connectivity index (χ4n) is 1.84. The van der Waals surface area contributed by atoms with Crippen molar-refractivity contribution in [1.82, 2.24) is 9.55 Å². The van der Waals surface area contributed by atoms with Crippen molar-refractivity contribution in [3.05, 3.63) is 54.1 Å². The Bertz CT molecular complexity index is 417. The molecule has 16 heavy (non-hydrogen) atoms. The van der Waals surface area contributed by atoms with Crippen molar-refractivity contribution in [3.63, 3.8) is 0 Å². The van der Waals surface area contributed by atoms with Crippen molar-refractivity contribution in [1.29, 1.82) is 0 Å². The first kappa shape index (κ1) is 10.9. The van der Waals surface area contributed by atoms with Gasteiger partial charge in [0.05, 0.1) is 6.33 Å². The molecule has 0 amide bonds. The number of nitrogens with zero attached hydrogens (tertiary/aromatic N) is 2. The lowest BCUT2D eigenvalue weighted by atomic mass is 10.2. The maximum Gasteiger partial charge on any atom is 0.0951 e. The van der Waals surface area contributed by atoms with Gasteiger partial charge in [-0.1, -0.05) is 43.7 Å². The number of hydrogen-bond acceptors (Lipinski definition) is 1. The van der Waals surface area contributed by atoms with Crippen LogP contribution in [0.1, 0.15) is 31.0 Å². The Balaban J connectivity index is 2.07. The molecule has 0 bridgehead atoms. The molecule has 1 aromatic carbocycles. The maximum absolute atomic E-state index is 4.23. The molecule has 0 unspecified atom stereocenters. The van der Waals surface area contributed by atoms with Crippen LogP contribution in [-0.4, -0.2) is 9.55 Å². The molecule has 0 saturated heterocycles. The number of benzene rings is 1. The van der Waals surface area contributed by atoms with Crippen LogP contribution in [0.15, 0.2) is 42.9 Å². The lowest BCUT2D eigenvalue weighted by molar-refractivity contribution is 0.696. The van der Waals surface area contributed by atoms with Crippen molar-refractivity contribution in [3.8, 4) is 0 Å². The van der Waals surface area contributed by atoms with E-state index in [1.165, 1.54) is 24.1 Å². The van der Waals surface area contributed by atoms with Gasteiger partial charge in [-0.25, -0.2) is 4.98 Å². The van der Waals surface area contributed by atoms with Crippen LogP contribution in [-0.2, 0) is 13.0 Å². The summed E-state index contributed by atoms with van der Waals surface area (Å²) in [6, 6.07) is 10.5. The van der Waals surface area contributed by atoms with Gasteiger partial charge in [0.25, 0.3) is 0 Å². The molecule has 0 aliphatic carbocycles. The zero-order valence-electron chi connectivity index (χ0n) is 9.76. The van der Waals surface area contributed by atoms with Gasteiger partial charge < -0.3 is 4.57 Å². The molecular formula is C14H18N2. The van der Waals surface area contributed by atoms with Gasteiger partial charge in [-0.15, -0.1) is 0 Å². The SMILES string of the molecule is CCCCc1cncn1Cc1ccccc1. The fraction of sp³-hybridized carbons (Fsp3) is 0.357. The Hall–Kier alpha value is -1.57. The molecule has 2 nitrogen and oxygen atoms in total. The molecule has 0 fully saturated rings. The van der Waals surface area contributed by atoms with Gasteiger partial charge >= 0.3 is 0 Å². The highest BCUT2D eigenvalue weighted by Gasteiger charge is 2.01. The number of rotatable bonds is 5. The highest BCUT2D eigenvalue weighted by molar-refractivity contribution is 5.16. The molecule has 0 saturated carbocycles. The van der Waals surface area contributed by atoms with Crippen LogP contribution < -0.4 is 0 Å². The van der Waals surface area contributed by atoms with Crippen LogP contribution in [0.25, 0.3) is 0 Å². The first-order valence-corrected chi connectivity index (χ1v) is 5.93. The average Bonchev–Trinajstić information content (AvgIpc) is 2.75. The van der Waals surface area contributed by atoms with E-state index in [0.29, 0.717) is 0 Å². The van der Waals surface area contributed by atoms with E-state index in [0.717, 1.165) is 13.0 Å². The summed E-state index contributed by atoms with van der Waals surface area (Å²) >= 11 is 0. The summed E-state index contributed by atoms with van der Waals surface area (Å²) in [4.78, 5) is 4.23. The Morgan fingerprint density at radius 1 is 1.19 bits per heavy atom. The number of unbranched alkanes of at least 4 members (excludes halogenated alkanes) is 1. The Labute approximate surface area is 97.0 Å². The van der Waals surface area contributed by atoms with E-state index in [4.69, 9.17) is 0 Å². The zero-order chi connectivity index (χ0) is 11.2. The summed E-state index contributed by atoms with van der Waals surface area (Å²) in [6.45, 7) is 3.15. The third kappa shape index (κ3) is 2.72. The minimum Gasteiger partial charge on any atom is -0.330 e. The van der Waals surface area contributed by atoms with Gasteiger partial charge in [0.15, 0.2) is 0 Å².